The zero-order chi connectivity index (χ0) is 15.2. The molecule has 1 aromatic carbocycles. The highest BCUT2D eigenvalue weighted by atomic mass is 16.6. The van der Waals surface area contributed by atoms with E-state index < -0.39 is 4.92 Å². The van der Waals surface area contributed by atoms with Crippen LogP contribution in [0.1, 0.15) is 60.9 Å². The van der Waals surface area contributed by atoms with Gasteiger partial charge in [0.15, 0.2) is 0 Å². The molecular formula is C16H22N2O3. The third-order valence-electron chi connectivity index (χ3n) is 4.11. The molecule has 0 aromatic heterocycles. The quantitative estimate of drug-likeness (QED) is 0.680. The Morgan fingerprint density at radius 3 is 2.43 bits per heavy atom. The van der Waals surface area contributed by atoms with Crippen molar-refractivity contribution in [1.29, 1.82) is 0 Å². The van der Waals surface area contributed by atoms with E-state index in [9.17, 15) is 14.9 Å². The van der Waals surface area contributed by atoms with E-state index in [1.54, 1.807) is 19.1 Å². The molecule has 21 heavy (non-hydrogen) atoms. The summed E-state index contributed by atoms with van der Waals surface area (Å²) < 4.78 is 0. The Morgan fingerprint density at radius 2 is 1.81 bits per heavy atom. The van der Waals surface area contributed by atoms with E-state index in [1.807, 2.05) is 0 Å². The first-order valence-electron chi connectivity index (χ1n) is 7.64. The van der Waals surface area contributed by atoms with Crippen LogP contribution in [0.2, 0.25) is 0 Å². The lowest BCUT2D eigenvalue weighted by atomic mass is 9.96. The van der Waals surface area contributed by atoms with Gasteiger partial charge in [-0.25, -0.2) is 0 Å². The molecule has 0 atom stereocenters. The molecule has 1 aliphatic carbocycles. The van der Waals surface area contributed by atoms with Gasteiger partial charge in [0.1, 0.15) is 0 Å². The molecule has 0 unspecified atom stereocenters. The molecule has 0 spiro atoms. The molecule has 0 saturated heterocycles. The third kappa shape index (κ3) is 4.28. The molecule has 1 amide bonds. The average molecular weight is 290 g/mol. The first-order chi connectivity index (χ1) is 10.1. The molecule has 1 aromatic rings. The number of carbonyl (C=O) groups is 1. The Balaban J connectivity index is 2.05. The van der Waals surface area contributed by atoms with Gasteiger partial charge >= 0.3 is 0 Å². The average Bonchev–Trinajstić information content (AvgIpc) is 2.41. The van der Waals surface area contributed by atoms with Gasteiger partial charge in [-0.05, 0) is 25.8 Å². The Bertz CT molecular complexity index is 520. The van der Waals surface area contributed by atoms with Gasteiger partial charge in [0.25, 0.3) is 11.6 Å². The van der Waals surface area contributed by atoms with Crippen molar-refractivity contribution in [3.8, 4) is 0 Å². The van der Waals surface area contributed by atoms with E-state index in [1.165, 1.54) is 25.3 Å². The topological polar surface area (TPSA) is 72.2 Å². The van der Waals surface area contributed by atoms with Gasteiger partial charge in [0.05, 0.1) is 4.92 Å². The molecule has 1 saturated carbocycles. The zero-order valence-corrected chi connectivity index (χ0v) is 12.4. The summed E-state index contributed by atoms with van der Waals surface area (Å²) in [4.78, 5) is 22.8. The van der Waals surface area contributed by atoms with E-state index >= 15 is 0 Å². The number of nitrogens with zero attached hydrogens (tertiary/aromatic N) is 1. The van der Waals surface area contributed by atoms with Crippen LogP contribution in [0.5, 0.6) is 0 Å². The SMILES string of the molecule is Cc1ccc(C(=O)NC2CCCCCCC2)cc1[N+](=O)[O-]. The lowest BCUT2D eigenvalue weighted by molar-refractivity contribution is -0.385. The molecule has 1 fully saturated rings. The highest BCUT2D eigenvalue weighted by Crippen LogP contribution is 2.21. The minimum absolute atomic E-state index is 0.000293. The predicted molar refractivity (Wildman–Crippen MR) is 81.4 cm³/mol. The highest BCUT2D eigenvalue weighted by Gasteiger charge is 2.18. The van der Waals surface area contributed by atoms with Gasteiger partial charge in [0, 0.05) is 23.2 Å². The van der Waals surface area contributed by atoms with Crippen LogP contribution in [-0.2, 0) is 0 Å². The molecule has 0 heterocycles. The van der Waals surface area contributed by atoms with Crippen molar-refractivity contribution in [3.63, 3.8) is 0 Å². The van der Waals surface area contributed by atoms with Crippen LogP contribution in [-0.4, -0.2) is 16.9 Å². The number of amides is 1. The van der Waals surface area contributed by atoms with Crippen molar-refractivity contribution in [2.24, 2.45) is 0 Å². The van der Waals surface area contributed by atoms with E-state index in [0.29, 0.717) is 11.1 Å². The summed E-state index contributed by atoms with van der Waals surface area (Å²) >= 11 is 0. The number of nitro groups is 1. The number of hydrogen-bond donors (Lipinski definition) is 1. The van der Waals surface area contributed by atoms with Gasteiger partial charge in [-0.1, -0.05) is 38.2 Å². The number of rotatable bonds is 3. The summed E-state index contributed by atoms with van der Waals surface area (Å²) in [5.41, 5.74) is 0.942. The van der Waals surface area contributed by atoms with E-state index in [-0.39, 0.29) is 17.6 Å². The zero-order valence-electron chi connectivity index (χ0n) is 12.4. The van der Waals surface area contributed by atoms with Crippen LogP contribution in [0.3, 0.4) is 0 Å². The number of nitrogens with one attached hydrogen (secondary N) is 1. The maximum atomic E-state index is 12.3. The summed E-state index contributed by atoms with van der Waals surface area (Å²) in [6, 6.07) is 4.84. The van der Waals surface area contributed by atoms with E-state index in [2.05, 4.69) is 5.32 Å². The van der Waals surface area contributed by atoms with Crippen molar-refractivity contribution in [1.82, 2.24) is 5.32 Å². The van der Waals surface area contributed by atoms with Crippen LogP contribution in [0, 0.1) is 17.0 Å². The second-order valence-corrected chi connectivity index (χ2v) is 5.77. The van der Waals surface area contributed by atoms with Crippen molar-refractivity contribution in [2.75, 3.05) is 0 Å². The molecule has 5 nitrogen and oxygen atoms in total. The van der Waals surface area contributed by atoms with Crippen molar-refractivity contribution in [3.05, 3.63) is 39.4 Å². The van der Waals surface area contributed by atoms with Crippen molar-refractivity contribution < 1.29 is 9.72 Å². The fourth-order valence-electron chi connectivity index (χ4n) is 2.82. The summed E-state index contributed by atoms with van der Waals surface area (Å²) in [6.07, 6.45) is 8.01. The first-order valence-corrected chi connectivity index (χ1v) is 7.64. The fraction of sp³-hybridized carbons (Fsp3) is 0.562. The molecule has 0 aliphatic heterocycles. The Morgan fingerprint density at radius 1 is 1.19 bits per heavy atom. The van der Waals surface area contributed by atoms with Gasteiger partial charge < -0.3 is 5.32 Å². The van der Waals surface area contributed by atoms with E-state index in [4.69, 9.17) is 0 Å². The molecule has 2 rings (SSSR count). The van der Waals surface area contributed by atoms with Crippen LogP contribution >= 0.6 is 0 Å². The van der Waals surface area contributed by atoms with Gasteiger partial charge in [-0.3, -0.25) is 14.9 Å². The Hall–Kier alpha value is -1.91. The lowest BCUT2D eigenvalue weighted by Gasteiger charge is -2.21. The maximum absolute atomic E-state index is 12.3. The van der Waals surface area contributed by atoms with Crippen LogP contribution in [0.4, 0.5) is 5.69 Å². The van der Waals surface area contributed by atoms with Crippen molar-refractivity contribution in [2.45, 2.75) is 57.9 Å². The van der Waals surface area contributed by atoms with Gasteiger partial charge in [-0.15, -0.1) is 0 Å². The Kier molecular flexibility index (Phi) is 5.31. The summed E-state index contributed by atoms with van der Waals surface area (Å²) in [5, 5.41) is 14.0. The van der Waals surface area contributed by atoms with Crippen LogP contribution < -0.4 is 5.32 Å². The molecule has 5 heteroatoms. The lowest BCUT2D eigenvalue weighted by Crippen LogP contribution is -2.35. The molecule has 114 valence electrons. The number of carbonyl (C=O) groups excluding carboxylic acids is 1. The minimum atomic E-state index is -0.443. The largest absolute Gasteiger partial charge is 0.349 e. The second kappa shape index (κ2) is 7.20. The summed E-state index contributed by atoms with van der Waals surface area (Å²) in [7, 11) is 0. The predicted octanol–water partition coefficient (Wildman–Crippen LogP) is 3.75. The number of benzene rings is 1. The monoisotopic (exact) mass is 290 g/mol. The first kappa shape index (κ1) is 15.5. The van der Waals surface area contributed by atoms with Gasteiger partial charge in [-0.2, -0.15) is 0 Å². The smallest absolute Gasteiger partial charge is 0.273 e. The maximum Gasteiger partial charge on any atom is 0.273 e. The fourth-order valence-corrected chi connectivity index (χ4v) is 2.82. The molecule has 0 radical (unpaired) electrons. The van der Waals surface area contributed by atoms with Crippen LogP contribution in [0.25, 0.3) is 0 Å². The molecular weight excluding hydrogens is 268 g/mol. The third-order valence-corrected chi connectivity index (χ3v) is 4.11. The second-order valence-electron chi connectivity index (χ2n) is 5.77. The van der Waals surface area contributed by atoms with Crippen molar-refractivity contribution >= 4 is 11.6 Å². The molecule has 1 N–H and O–H groups in total. The van der Waals surface area contributed by atoms with Gasteiger partial charge in [0.2, 0.25) is 0 Å². The highest BCUT2D eigenvalue weighted by molar-refractivity contribution is 5.95. The number of aryl methyl sites for hydroxylation is 1. The summed E-state index contributed by atoms with van der Waals surface area (Å²) in [5.74, 6) is -0.205. The molecule has 1 aliphatic rings. The normalized spacial score (nSPS) is 16.8. The minimum Gasteiger partial charge on any atom is -0.349 e. The van der Waals surface area contributed by atoms with E-state index in [0.717, 1.165) is 25.7 Å². The molecule has 0 bridgehead atoms. The Labute approximate surface area is 124 Å². The number of nitro benzene ring substituents is 1. The standard InChI is InChI=1S/C16H22N2O3/c1-12-9-10-13(11-15(12)18(20)21)16(19)17-14-7-5-3-2-4-6-8-14/h9-11,14H,2-8H2,1H3,(H,17,19). The van der Waals surface area contributed by atoms with Crippen LogP contribution in [0.15, 0.2) is 18.2 Å². The number of hydrogen-bond acceptors (Lipinski definition) is 3. The summed E-state index contributed by atoms with van der Waals surface area (Å²) in [6.45, 7) is 1.68.